The molecule has 2 N–H and O–H groups in total. The number of carbonyl (C=O) groups excluding carboxylic acids is 2. The van der Waals surface area contributed by atoms with Crippen LogP contribution in [0.25, 0.3) is 0 Å². The van der Waals surface area contributed by atoms with Crippen LogP contribution in [0.15, 0.2) is 48.5 Å². The third kappa shape index (κ3) is 6.56. The number of halogens is 1. The monoisotopic (exact) mass is 402 g/mol. The molecule has 0 saturated heterocycles. The van der Waals surface area contributed by atoms with Gasteiger partial charge in [-0.15, -0.1) is 0 Å². The van der Waals surface area contributed by atoms with Crippen molar-refractivity contribution < 1.29 is 18.9 Å². The molecule has 0 aromatic heterocycles. The molecule has 9 heteroatoms. The highest BCUT2D eigenvalue weighted by Gasteiger charge is 2.28. The van der Waals surface area contributed by atoms with Crippen LogP contribution in [0.4, 0.5) is 21.5 Å². The van der Waals surface area contributed by atoms with Gasteiger partial charge in [-0.1, -0.05) is 6.07 Å². The van der Waals surface area contributed by atoms with Gasteiger partial charge in [-0.25, -0.2) is 4.39 Å². The summed E-state index contributed by atoms with van der Waals surface area (Å²) in [5, 5.41) is 16.3. The Balaban J connectivity index is 2.02. The summed E-state index contributed by atoms with van der Waals surface area (Å²) in [6.45, 7) is 5.05. The van der Waals surface area contributed by atoms with Crippen LogP contribution in [0.3, 0.4) is 0 Å². The molecule has 0 aliphatic rings. The average Bonchev–Trinajstić information content (AvgIpc) is 2.65. The average molecular weight is 402 g/mol. The van der Waals surface area contributed by atoms with Gasteiger partial charge in [0.05, 0.1) is 11.5 Å². The van der Waals surface area contributed by atoms with Gasteiger partial charge in [0.1, 0.15) is 12.4 Å². The lowest BCUT2D eigenvalue weighted by molar-refractivity contribution is -0.384. The maximum Gasteiger partial charge on any atom is 0.271 e. The first kappa shape index (κ1) is 21.8. The van der Waals surface area contributed by atoms with Crippen LogP contribution in [0.1, 0.15) is 20.8 Å². The van der Waals surface area contributed by atoms with Gasteiger partial charge in [0.25, 0.3) is 5.69 Å². The first-order valence-corrected chi connectivity index (χ1v) is 8.90. The van der Waals surface area contributed by atoms with E-state index < -0.39 is 22.2 Å². The molecule has 0 saturated carbocycles. The fourth-order valence-corrected chi connectivity index (χ4v) is 2.58. The molecule has 0 radical (unpaired) electrons. The SMILES string of the molecule is CC(C)(C)N(CC(=O)Nc1ccc(F)cc1)C(=O)CNc1cccc([N+](=O)[O-])c1. The summed E-state index contributed by atoms with van der Waals surface area (Å²) in [5.74, 6) is -1.18. The third-order valence-electron chi connectivity index (χ3n) is 4.04. The zero-order valence-electron chi connectivity index (χ0n) is 16.4. The summed E-state index contributed by atoms with van der Waals surface area (Å²) in [7, 11) is 0. The van der Waals surface area contributed by atoms with E-state index >= 15 is 0 Å². The number of carbonyl (C=O) groups is 2. The van der Waals surface area contributed by atoms with E-state index in [4.69, 9.17) is 0 Å². The minimum Gasteiger partial charge on any atom is -0.376 e. The summed E-state index contributed by atoms with van der Waals surface area (Å²) in [5.41, 5.74) is 0.125. The van der Waals surface area contributed by atoms with E-state index in [9.17, 15) is 24.1 Å². The molecule has 0 atom stereocenters. The molecule has 0 fully saturated rings. The minimum absolute atomic E-state index is 0.0891. The summed E-state index contributed by atoms with van der Waals surface area (Å²) < 4.78 is 13.0. The number of hydrogen-bond acceptors (Lipinski definition) is 5. The molecule has 2 aromatic carbocycles. The van der Waals surface area contributed by atoms with E-state index in [1.54, 1.807) is 26.8 Å². The van der Waals surface area contributed by atoms with Gasteiger partial charge in [0.2, 0.25) is 11.8 Å². The van der Waals surface area contributed by atoms with Crippen molar-refractivity contribution in [1.29, 1.82) is 0 Å². The van der Waals surface area contributed by atoms with Crippen LogP contribution in [-0.4, -0.2) is 40.3 Å². The van der Waals surface area contributed by atoms with Gasteiger partial charge in [0.15, 0.2) is 0 Å². The number of nitrogens with zero attached hydrogens (tertiary/aromatic N) is 2. The molecule has 2 rings (SSSR count). The molecule has 0 heterocycles. The Morgan fingerprint density at radius 2 is 1.76 bits per heavy atom. The van der Waals surface area contributed by atoms with Gasteiger partial charge >= 0.3 is 0 Å². The largest absolute Gasteiger partial charge is 0.376 e. The maximum atomic E-state index is 13.0. The molecule has 0 unspecified atom stereocenters. The number of hydrogen-bond donors (Lipinski definition) is 2. The molecular formula is C20H23FN4O4. The van der Waals surface area contributed by atoms with Crippen LogP contribution in [-0.2, 0) is 9.59 Å². The Morgan fingerprint density at radius 3 is 2.34 bits per heavy atom. The summed E-state index contributed by atoms with van der Waals surface area (Å²) >= 11 is 0. The topological polar surface area (TPSA) is 105 Å². The van der Waals surface area contributed by atoms with Crippen molar-refractivity contribution in [3.63, 3.8) is 0 Å². The van der Waals surface area contributed by atoms with Crippen LogP contribution < -0.4 is 10.6 Å². The number of rotatable bonds is 7. The Morgan fingerprint density at radius 1 is 1.10 bits per heavy atom. The number of amides is 2. The Labute approximate surface area is 167 Å². The Kier molecular flexibility index (Phi) is 6.87. The lowest BCUT2D eigenvalue weighted by Gasteiger charge is -2.35. The normalized spacial score (nSPS) is 10.9. The molecule has 8 nitrogen and oxygen atoms in total. The summed E-state index contributed by atoms with van der Waals surface area (Å²) in [6.07, 6.45) is 0. The predicted octanol–water partition coefficient (Wildman–Crippen LogP) is 3.41. The fourth-order valence-electron chi connectivity index (χ4n) is 2.58. The smallest absolute Gasteiger partial charge is 0.271 e. The standard InChI is InChI=1S/C20H23FN4O4/c1-20(2,3)24(13-18(26)23-15-9-7-14(21)8-10-15)19(27)12-22-16-5-4-6-17(11-16)25(28)29/h4-11,22H,12-13H2,1-3H3,(H,23,26). The van der Waals surface area contributed by atoms with E-state index in [0.717, 1.165) is 0 Å². The lowest BCUT2D eigenvalue weighted by atomic mass is 10.1. The fraction of sp³-hybridized carbons (Fsp3) is 0.300. The van der Waals surface area contributed by atoms with Gasteiger partial charge in [-0.05, 0) is 51.1 Å². The zero-order chi connectivity index (χ0) is 21.6. The number of nitro groups is 1. The molecule has 0 bridgehead atoms. The van der Waals surface area contributed by atoms with Crippen molar-refractivity contribution in [2.75, 3.05) is 23.7 Å². The number of nitro benzene ring substituents is 1. The van der Waals surface area contributed by atoms with Crippen molar-refractivity contribution in [2.24, 2.45) is 0 Å². The molecule has 0 aliphatic carbocycles. The van der Waals surface area contributed by atoms with Gasteiger partial charge < -0.3 is 15.5 Å². The Bertz CT molecular complexity index is 894. The highest BCUT2D eigenvalue weighted by molar-refractivity contribution is 5.95. The van der Waals surface area contributed by atoms with E-state index in [-0.39, 0.29) is 24.7 Å². The summed E-state index contributed by atoms with van der Waals surface area (Å²) in [4.78, 5) is 36.8. The first-order chi connectivity index (χ1) is 13.6. The predicted molar refractivity (Wildman–Crippen MR) is 108 cm³/mol. The quantitative estimate of drug-likeness (QED) is 0.545. The second-order valence-electron chi connectivity index (χ2n) is 7.37. The van der Waals surface area contributed by atoms with Crippen molar-refractivity contribution in [2.45, 2.75) is 26.3 Å². The van der Waals surface area contributed by atoms with E-state index in [0.29, 0.717) is 11.4 Å². The highest BCUT2D eigenvalue weighted by atomic mass is 19.1. The second-order valence-corrected chi connectivity index (χ2v) is 7.37. The lowest BCUT2D eigenvalue weighted by Crippen LogP contribution is -2.51. The molecule has 0 aliphatic heterocycles. The Hall–Kier alpha value is -3.49. The molecule has 2 amide bonds. The van der Waals surface area contributed by atoms with Crippen molar-refractivity contribution in [1.82, 2.24) is 4.90 Å². The van der Waals surface area contributed by atoms with E-state index in [1.807, 2.05) is 0 Å². The highest BCUT2D eigenvalue weighted by Crippen LogP contribution is 2.18. The molecule has 0 spiro atoms. The first-order valence-electron chi connectivity index (χ1n) is 8.90. The number of nitrogens with one attached hydrogen (secondary N) is 2. The molecule has 2 aromatic rings. The van der Waals surface area contributed by atoms with E-state index in [1.165, 1.54) is 47.4 Å². The maximum absolute atomic E-state index is 13.0. The van der Waals surface area contributed by atoms with Crippen LogP contribution in [0, 0.1) is 15.9 Å². The van der Waals surface area contributed by atoms with Gasteiger partial charge in [-0.3, -0.25) is 19.7 Å². The number of anilines is 2. The zero-order valence-corrected chi connectivity index (χ0v) is 16.4. The van der Waals surface area contributed by atoms with Gasteiger partial charge in [-0.2, -0.15) is 0 Å². The van der Waals surface area contributed by atoms with Crippen molar-refractivity contribution >= 4 is 28.9 Å². The summed E-state index contributed by atoms with van der Waals surface area (Å²) in [6, 6.07) is 11.1. The molecule has 154 valence electrons. The second kappa shape index (κ2) is 9.13. The van der Waals surface area contributed by atoms with E-state index in [2.05, 4.69) is 10.6 Å². The van der Waals surface area contributed by atoms with Crippen LogP contribution in [0.2, 0.25) is 0 Å². The molecular weight excluding hydrogens is 379 g/mol. The van der Waals surface area contributed by atoms with Crippen LogP contribution >= 0.6 is 0 Å². The molecule has 29 heavy (non-hydrogen) atoms. The number of non-ortho nitro benzene ring substituents is 1. The van der Waals surface area contributed by atoms with Crippen LogP contribution in [0.5, 0.6) is 0 Å². The third-order valence-corrected chi connectivity index (χ3v) is 4.04. The number of benzene rings is 2. The van der Waals surface area contributed by atoms with Crippen molar-refractivity contribution in [3.05, 3.63) is 64.5 Å². The minimum atomic E-state index is -0.637. The van der Waals surface area contributed by atoms with Gasteiger partial charge in [0, 0.05) is 29.0 Å². The van der Waals surface area contributed by atoms with Crippen molar-refractivity contribution in [3.8, 4) is 0 Å².